The molecule has 0 aliphatic rings. The first-order valence-electron chi connectivity index (χ1n) is 6.23. The smallest absolute Gasteiger partial charge is 0.141 e. The van der Waals surface area contributed by atoms with Gasteiger partial charge in [-0.05, 0) is 35.9 Å². The van der Waals surface area contributed by atoms with Gasteiger partial charge in [-0.25, -0.2) is 4.39 Å². The summed E-state index contributed by atoms with van der Waals surface area (Å²) in [5.74, 6) is 0.00929. The maximum absolute atomic E-state index is 13.3. The number of ether oxygens (including phenoxy) is 2. The van der Waals surface area contributed by atoms with E-state index >= 15 is 0 Å². The van der Waals surface area contributed by atoms with Crippen LogP contribution in [0.15, 0.2) is 36.4 Å². The fourth-order valence-corrected chi connectivity index (χ4v) is 2.31. The van der Waals surface area contributed by atoms with Gasteiger partial charge in [0.1, 0.15) is 23.6 Å². The van der Waals surface area contributed by atoms with Gasteiger partial charge in [0.25, 0.3) is 0 Å². The Kier molecular flexibility index (Phi) is 4.81. The van der Waals surface area contributed by atoms with Gasteiger partial charge in [-0.15, -0.1) is 0 Å². The van der Waals surface area contributed by atoms with Crippen LogP contribution in [0, 0.1) is 5.82 Å². The van der Waals surface area contributed by atoms with Gasteiger partial charge in [-0.3, -0.25) is 0 Å². The lowest BCUT2D eigenvalue weighted by molar-refractivity contribution is -0.108. The van der Waals surface area contributed by atoms with Crippen LogP contribution in [0.3, 0.4) is 0 Å². The largest absolute Gasteiger partial charge is 0.497 e. The van der Waals surface area contributed by atoms with E-state index < -0.39 is 11.7 Å². The van der Waals surface area contributed by atoms with Crippen molar-refractivity contribution in [2.24, 2.45) is 0 Å². The van der Waals surface area contributed by atoms with Crippen LogP contribution >= 0.6 is 11.6 Å². The molecule has 110 valence electrons. The number of aldehydes is 1. The molecule has 2 rings (SSSR count). The highest BCUT2D eigenvalue weighted by atomic mass is 35.5. The molecule has 0 bridgehead atoms. The monoisotopic (exact) mass is 308 g/mol. The molecule has 2 aromatic rings. The summed E-state index contributed by atoms with van der Waals surface area (Å²) >= 11 is 5.79. The fourth-order valence-electron chi connectivity index (χ4n) is 2.12. The van der Waals surface area contributed by atoms with Crippen LogP contribution in [0.5, 0.6) is 11.5 Å². The molecule has 0 saturated heterocycles. The van der Waals surface area contributed by atoms with Crippen molar-refractivity contribution < 1.29 is 18.7 Å². The second-order valence-corrected chi connectivity index (χ2v) is 4.80. The minimum absolute atomic E-state index is 0.0267. The van der Waals surface area contributed by atoms with E-state index in [1.807, 2.05) is 0 Å². The Hall–Kier alpha value is -2.07. The van der Waals surface area contributed by atoms with Gasteiger partial charge in [0.15, 0.2) is 0 Å². The molecule has 2 aromatic carbocycles. The zero-order valence-corrected chi connectivity index (χ0v) is 12.4. The molecular weight excluding hydrogens is 295 g/mol. The van der Waals surface area contributed by atoms with Crippen LogP contribution in [-0.4, -0.2) is 20.5 Å². The molecule has 5 heteroatoms. The van der Waals surface area contributed by atoms with Gasteiger partial charge in [-0.1, -0.05) is 17.7 Å². The molecular formula is C16H14ClFO3. The Bertz CT molecular complexity index is 658. The number of hydrogen-bond donors (Lipinski definition) is 0. The van der Waals surface area contributed by atoms with E-state index in [0.717, 1.165) is 6.29 Å². The molecule has 0 heterocycles. The van der Waals surface area contributed by atoms with E-state index in [9.17, 15) is 9.18 Å². The van der Waals surface area contributed by atoms with Crippen molar-refractivity contribution in [2.45, 2.75) is 5.92 Å². The normalized spacial score (nSPS) is 11.8. The van der Waals surface area contributed by atoms with Crippen molar-refractivity contribution in [1.29, 1.82) is 0 Å². The van der Waals surface area contributed by atoms with Gasteiger partial charge >= 0.3 is 0 Å². The zero-order valence-electron chi connectivity index (χ0n) is 11.6. The highest BCUT2D eigenvalue weighted by Crippen LogP contribution is 2.34. The van der Waals surface area contributed by atoms with Crippen molar-refractivity contribution in [1.82, 2.24) is 0 Å². The van der Waals surface area contributed by atoms with E-state index in [1.54, 1.807) is 18.2 Å². The Morgan fingerprint density at radius 3 is 2.48 bits per heavy atom. The molecule has 0 aromatic heterocycles. The third-order valence-corrected chi connectivity index (χ3v) is 3.50. The highest BCUT2D eigenvalue weighted by molar-refractivity contribution is 6.30. The molecule has 0 aliphatic heterocycles. The van der Waals surface area contributed by atoms with Crippen LogP contribution in [0.25, 0.3) is 0 Å². The summed E-state index contributed by atoms with van der Waals surface area (Å²) < 4.78 is 23.7. The third kappa shape index (κ3) is 3.16. The van der Waals surface area contributed by atoms with Crippen LogP contribution in [-0.2, 0) is 4.79 Å². The fraction of sp³-hybridized carbons (Fsp3) is 0.188. The van der Waals surface area contributed by atoms with E-state index in [2.05, 4.69) is 0 Å². The van der Waals surface area contributed by atoms with Crippen LogP contribution in [0.2, 0.25) is 5.02 Å². The van der Waals surface area contributed by atoms with Crippen LogP contribution in [0.4, 0.5) is 4.39 Å². The number of benzene rings is 2. The number of rotatable bonds is 5. The second kappa shape index (κ2) is 6.59. The van der Waals surface area contributed by atoms with Gasteiger partial charge in [0.2, 0.25) is 0 Å². The minimum atomic E-state index is -0.617. The summed E-state index contributed by atoms with van der Waals surface area (Å²) in [6, 6.07) is 9.38. The Labute approximate surface area is 127 Å². The summed E-state index contributed by atoms with van der Waals surface area (Å²) in [7, 11) is 3.06. The lowest BCUT2D eigenvalue weighted by atomic mass is 9.91. The van der Waals surface area contributed by atoms with Crippen molar-refractivity contribution >= 4 is 17.9 Å². The lowest BCUT2D eigenvalue weighted by Crippen LogP contribution is -2.05. The van der Waals surface area contributed by atoms with E-state index in [1.165, 1.54) is 32.4 Å². The topological polar surface area (TPSA) is 35.5 Å². The SMILES string of the molecule is COc1ccc(OC)c(C(C=O)c2ccc(F)c(Cl)c2)c1. The molecule has 3 nitrogen and oxygen atoms in total. The van der Waals surface area contributed by atoms with Crippen molar-refractivity contribution in [3.63, 3.8) is 0 Å². The van der Waals surface area contributed by atoms with Crippen molar-refractivity contribution in [3.8, 4) is 11.5 Å². The molecule has 0 saturated carbocycles. The second-order valence-electron chi connectivity index (χ2n) is 4.40. The molecule has 1 atom stereocenters. The minimum Gasteiger partial charge on any atom is -0.497 e. The molecule has 21 heavy (non-hydrogen) atoms. The quantitative estimate of drug-likeness (QED) is 0.788. The van der Waals surface area contributed by atoms with Crippen LogP contribution in [0.1, 0.15) is 17.0 Å². The summed E-state index contributed by atoms with van der Waals surface area (Å²) in [6.45, 7) is 0. The zero-order chi connectivity index (χ0) is 15.4. The predicted octanol–water partition coefficient (Wildman–Crippen LogP) is 3.83. The summed E-state index contributed by atoms with van der Waals surface area (Å²) in [5.41, 5.74) is 1.22. The van der Waals surface area contributed by atoms with Crippen molar-refractivity contribution in [2.75, 3.05) is 14.2 Å². The first-order valence-corrected chi connectivity index (χ1v) is 6.60. The number of carbonyl (C=O) groups is 1. The van der Waals surface area contributed by atoms with E-state index in [-0.39, 0.29) is 5.02 Å². The van der Waals surface area contributed by atoms with Crippen LogP contribution < -0.4 is 9.47 Å². The van der Waals surface area contributed by atoms with E-state index in [4.69, 9.17) is 21.1 Å². The van der Waals surface area contributed by atoms with Gasteiger partial charge in [-0.2, -0.15) is 0 Å². The predicted molar refractivity (Wildman–Crippen MR) is 78.9 cm³/mol. The Morgan fingerprint density at radius 2 is 1.90 bits per heavy atom. The Morgan fingerprint density at radius 1 is 1.14 bits per heavy atom. The first-order chi connectivity index (χ1) is 10.1. The van der Waals surface area contributed by atoms with Gasteiger partial charge in [0.05, 0.1) is 25.2 Å². The number of hydrogen-bond acceptors (Lipinski definition) is 3. The average Bonchev–Trinajstić information content (AvgIpc) is 2.51. The number of methoxy groups -OCH3 is 2. The van der Waals surface area contributed by atoms with Crippen molar-refractivity contribution in [3.05, 3.63) is 58.4 Å². The number of carbonyl (C=O) groups excluding carboxylic acids is 1. The van der Waals surface area contributed by atoms with Gasteiger partial charge < -0.3 is 14.3 Å². The Balaban J connectivity index is 2.54. The maximum Gasteiger partial charge on any atom is 0.141 e. The molecule has 0 N–H and O–H groups in total. The molecule has 0 radical (unpaired) electrons. The maximum atomic E-state index is 13.3. The number of halogens is 2. The lowest BCUT2D eigenvalue weighted by Gasteiger charge is -2.16. The summed E-state index contributed by atoms with van der Waals surface area (Å²) in [6.07, 6.45) is 0.765. The molecule has 0 aliphatic carbocycles. The molecule has 0 spiro atoms. The average molecular weight is 309 g/mol. The highest BCUT2D eigenvalue weighted by Gasteiger charge is 2.19. The third-order valence-electron chi connectivity index (χ3n) is 3.21. The molecule has 1 unspecified atom stereocenters. The standard InChI is InChI=1S/C16H14ClFO3/c1-20-11-4-6-16(21-2)12(8-11)13(9-19)10-3-5-15(18)14(17)7-10/h3-9,13H,1-2H3. The van der Waals surface area contributed by atoms with Gasteiger partial charge in [0, 0.05) is 5.56 Å². The summed E-state index contributed by atoms with van der Waals surface area (Å²) in [5, 5.41) is -0.0267. The summed E-state index contributed by atoms with van der Waals surface area (Å²) in [4.78, 5) is 11.5. The molecule has 0 amide bonds. The molecule has 0 fully saturated rings. The first kappa shape index (κ1) is 15.3. The van der Waals surface area contributed by atoms with E-state index in [0.29, 0.717) is 22.6 Å².